The molecular formula is C17H19ClN4O. The fourth-order valence-electron chi connectivity index (χ4n) is 2.35. The Balaban J connectivity index is 2.17. The van der Waals surface area contributed by atoms with Crippen LogP contribution in [0.25, 0.3) is 22.4 Å². The molecule has 2 heterocycles. The molecule has 0 aliphatic rings. The van der Waals surface area contributed by atoms with Crippen LogP contribution in [0.4, 0.5) is 5.82 Å². The van der Waals surface area contributed by atoms with Crippen molar-refractivity contribution in [3.8, 4) is 11.4 Å². The van der Waals surface area contributed by atoms with Gasteiger partial charge in [0.1, 0.15) is 11.5 Å². The molecule has 5 nitrogen and oxygen atoms in total. The molecule has 3 N–H and O–H groups in total. The Labute approximate surface area is 139 Å². The number of aryl methyl sites for hydroxylation is 1. The Hall–Kier alpha value is -2.11. The van der Waals surface area contributed by atoms with E-state index in [4.69, 9.17) is 11.6 Å². The van der Waals surface area contributed by atoms with Crippen molar-refractivity contribution in [2.24, 2.45) is 0 Å². The van der Waals surface area contributed by atoms with Crippen LogP contribution < -0.4 is 5.32 Å². The Bertz CT molecular complexity index is 857. The van der Waals surface area contributed by atoms with E-state index in [2.05, 4.69) is 20.3 Å². The average Bonchev–Trinajstić information content (AvgIpc) is 2.87. The zero-order valence-electron chi connectivity index (χ0n) is 13.3. The number of anilines is 1. The van der Waals surface area contributed by atoms with Crippen molar-refractivity contribution in [2.45, 2.75) is 26.3 Å². The molecule has 0 bridgehead atoms. The molecule has 23 heavy (non-hydrogen) atoms. The van der Waals surface area contributed by atoms with Crippen molar-refractivity contribution in [3.63, 3.8) is 0 Å². The number of fused-ring (bicyclic) bond motifs is 1. The van der Waals surface area contributed by atoms with E-state index in [9.17, 15) is 5.11 Å². The zero-order chi connectivity index (χ0) is 16.6. The van der Waals surface area contributed by atoms with E-state index in [1.165, 1.54) is 0 Å². The molecule has 0 aliphatic carbocycles. The zero-order valence-corrected chi connectivity index (χ0v) is 14.1. The summed E-state index contributed by atoms with van der Waals surface area (Å²) in [7, 11) is 0. The molecule has 0 spiro atoms. The summed E-state index contributed by atoms with van der Waals surface area (Å²) in [5.41, 5.74) is 2.11. The molecule has 0 radical (unpaired) electrons. The molecule has 0 unspecified atom stereocenters. The smallest absolute Gasteiger partial charge is 0.163 e. The van der Waals surface area contributed by atoms with Gasteiger partial charge in [-0.3, -0.25) is 0 Å². The van der Waals surface area contributed by atoms with Crippen molar-refractivity contribution in [2.75, 3.05) is 11.9 Å². The van der Waals surface area contributed by atoms with Crippen LogP contribution in [0.15, 0.2) is 30.3 Å². The highest BCUT2D eigenvalue weighted by Crippen LogP contribution is 2.28. The normalized spacial score (nSPS) is 11.9. The number of aromatic amines is 1. The number of hydrogen-bond acceptors (Lipinski definition) is 4. The average molecular weight is 331 g/mol. The number of nitrogens with one attached hydrogen (secondary N) is 2. The van der Waals surface area contributed by atoms with E-state index in [1.807, 2.05) is 51.1 Å². The second-order valence-corrected chi connectivity index (χ2v) is 6.72. The molecule has 3 aromatic rings. The first-order chi connectivity index (χ1) is 10.9. The highest BCUT2D eigenvalue weighted by molar-refractivity contribution is 6.30. The number of nitrogens with zero attached hydrogens (tertiary/aromatic N) is 2. The number of rotatable bonds is 4. The van der Waals surface area contributed by atoms with Crippen LogP contribution in [0.1, 0.15) is 19.5 Å². The van der Waals surface area contributed by atoms with Gasteiger partial charge in [0, 0.05) is 16.3 Å². The van der Waals surface area contributed by atoms with E-state index in [1.54, 1.807) is 0 Å². The minimum absolute atomic E-state index is 0.00556. The molecule has 0 aliphatic heterocycles. The Morgan fingerprint density at radius 1 is 1.26 bits per heavy atom. The van der Waals surface area contributed by atoms with Gasteiger partial charge in [0.15, 0.2) is 5.82 Å². The van der Waals surface area contributed by atoms with Gasteiger partial charge in [0.25, 0.3) is 0 Å². The third kappa shape index (κ3) is 3.30. The van der Waals surface area contributed by atoms with Crippen LogP contribution in [0.3, 0.4) is 0 Å². The largest absolute Gasteiger partial charge is 0.394 e. The second kappa shape index (κ2) is 5.83. The van der Waals surface area contributed by atoms with Gasteiger partial charge in [0.2, 0.25) is 0 Å². The van der Waals surface area contributed by atoms with Gasteiger partial charge in [-0.15, -0.1) is 0 Å². The summed E-state index contributed by atoms with van der Waals surface area (Å²) >= 11 is 6.07. The van der Waals surface area contributed by atoms with E-state index < -0.39 is 5.54 Å². The van der Waals surface area contributed by atoms with E-state index in [0.29, 0.717) is 16.7 Å². The molecular weight excluding hydrogens is 312 g/mol. The summed E-state index contributed by atoms with van der Waals surface area (Å²) in [4.78, 5) is 12.5. The summed E-state index contributed by atoms with van der Waals surface area (Å²) in [6, 6.07) is 9.43. The van der Waals surface area contributed by atoms with Crippen LogP contribution in [0.2, 0.25) is 5.02 Å². The lowest BCUT2D eigenvalue weighted by Crippen LogP contribution is -2.35. The maximum atomic E-state index is 9.52. The summed E-state index contributed by atoms with van der Waals surface area (Å²) in [5, 5.41) is 14.4. The monoisotopic (exact) mass is 330 g/mol. The van der Waals surface area contributed by atoms with Crippen LogP contribution in [0.5, 0.6) is 0 Å². The van der Waals surface area contributed by atoms with Crippen molar-refractivity contribution < 1.29 is 5.11 Å². The maximum Gasteiger partial charge on any atom is 0.163 e. The molecule has 0 atom stereocenters. The van der Waals surface area contributed by atoms with Gasteiger partial charge in [-0.1, -0.05) is 23.7 Å². The number of hydrogen-bond donors (Lipinski definition) is 3. The van der Waals surface area contributed by atoms with E-state index in [0.717, 1.165) is 22.3 Å². The molecule has 0 amide bonds. The molecule has 2 aromatic heterocycles. The first kappa shape index (κ1) is 15.8. The molecule has 1 aromatic carbocycles. The molecule has 3 rings (SSSR count). The third-order valence-corrected chi connectivity index (χ3v) is 3.79. The molecule has 0 saturated heterocycles. The van der Waals surface area contributed by atoms with Crippen LogP contribution in [-0.2, 0) is 0 Å². The summed E-state index contributed by atoms with van der Waals surface area (Å²) < 4.78 is 0. The lowest BCUT2D eigenvalue weighted by molar-refractivity contribution is 0.234. The van der Waals surface area contributed by atoms with Crippen molar-refractivity contribution in [1.82, 2.24) is 15.0 Å². The Morgan fingerprint density at radius 2 is 2.04 bits per heavy atom. The summed E-state index contributed by atoms with van der Waals surface area (Å²) in [6.45, 7) is 5.80. The minimum atomic E-state index is -0.488. The van der Waals surface area contributed by atoms with Gasteiger partial charge in [-0.2, -0.15) is 0 Å². The first-order valence-electron chi connectivity index (χ1n) is 7.40. The fraction of sp³-hybridized carbons (Fsp3) is 0.294. The van der Waals surface area contributed by atoms with Crippen molar-refractivity contribution in [1.29, 1.82) is 0 Å². The molecule has 0 saturated carbocycles. The predicted molar refractivity (Wildman–Crippen MR) is 93.9 cm³/mol. The van der Waals surface area contributed by atoms with Crippen molar-refractivity contribution >= 4 is 28.5 Å². The van der Waals surface area contributed by atoms with Gasteiger partial charge < -0.3 is 15.4 Å². The van der Waals surface area contributed by atoms with Gasteiger partial charge in [-0.05, 0) is 39.0 Å². The topological polar surface area (TPSA) is 73.8 Å². The summed E-state index contributed by atoms with van der Waals surface area (Å²) in [6.07, 6.45) is 0. The standard InChI is InChI=1S/C17H19ClN4O/c1-10-7-13-15(19-10)20-14(11-5-4-6-12(18)8-11)21-16(13)22-17(2,3)9-23/h4-8,23H,9H2,1-3H3,(H2,19,20,21,22). The SMILES string of the molecule is Cc1cc2c(NC(C)(C)CO)nc(-c3cccc(Cl)c3)nc2[nH]1. The number of halogens is 1. The highest BCUT2D eigenvalue weighted by atomic mass is 35.5. The number of aliphatic hydroxyl groups is 1. The number of aromatic nitrogens is 3. The van der Waals surface area contributed by atoms with Gasteiger partial charge in [0.05, 0.1) is 17.5 Å². The summed E-state index contributed by atoms with van der Waals surface area (Å²) in [5.74, 6) is 1.27. The minimum Gasteiger partial charge on any atom is -0.394 e. The van der Waals surface area contributed by atoms with Crippen LogP contribution >= 0.6 is 11.6 Å². The van der Waals surface area contributed by atoms with Crippen LogP contribution in [-0.4, -0.2) is 32.2 Å². The number of H-pyrrole nitrogens is 1. The lowest BCUT2D eigenvalue weighted by Gasteiger charge is -2.24. The van der Waals surface area contributed by atoms with E-state index in [-0.39, 0.29) is 6.61 Å². The molecule has 0 fully saturated rings. The number of aliphatic hydroxyl groups excluding tert-OH is 1. The lowest BCUT2D eigenvalue weighted by atomic mass is 10.1. The van der Waals surface area contributed by atoms with Gasteiger partial charge >= 0.3 is 0 Å². The van der Waals surface area contributed by atoms with E-state index >= 15 is 0 Å². The second-order valence-electron chi connectivity index (χ2n) is 6.29. The number of benzene rings is 1. The molecule has 6 heteroatoms. The highest BCUT2D eigenvalue weighted by Gasteiger charge is 2.20. The van der Waals surface area contributed by atoms with Crippen LogP contribution in [0, 0.1) is 6.92 Å². The Kier molecular flexibility index (Phi) is 4.00. The third-order valence-electron chi connectivity index (χ3n) is 3.56. The predicted octanol–water partition coefficient (Wildman–Crippen LogP) is 3.77. The maximum absolute atomic E-state index is 9.52. The van der Waals surface area contributed by atoms with Crippen molar-refractivity contribution in [3.05, 3.63) is 41.0 Å². The molecule has 120 valence electrons. The van der Waals surface area contributed by atoms with Gasteiger partial charge in [-0.25, -0.2) is 9.97 Å². The first-order valence-corrected chi connectivity index (χ1v) is 7.78. The Morgan fingerprint density at radius 3 is 2.74 bits per heavy atom. The quantitative estimate of drug-likeness (QED) is 0.680. The fourth-order valence-corrected chi connectivity index (χ4v) is 2.54.